The maximum atomic E-state index is 14.1. The Hall–Kier alpha value is -3.45. The highest BCUT2D eigenvalue weighted by Crippen LogP contribution is 2.50. The van der Waals surface area contributed by atoms with Crippen LogP contribution in [0, 0.1) is 5.82 Å². The standard InChI is InChI=1S/C31H34FNO5/c1-36-17-7-16-33-23-10-5-12-25(34)30(23)29(31-24(33)11-6-13-26(31)35)20-14-15-27(28(18-20)37-2)38-19-21-8-3-4-9-22(21)32/h3-4,8-9,14-15,18,29H,5-7,10-13,16-17,19H2,1-2H3. The number of hydrogen-bond acceptors (Lipinski definition) is 6. The van der Waals surface area contributed by atoms with E-state index in [4.69, 9.17) is 14.2 Å². The number of carbonyl (C=O) groups excluding carboxylic acids is 2. The topological polar surface area (TPSA) is 65.1 Å². The summed E-state index contributed by atoms with van der Waals surface area (Å²) < 4.78 is 31.0. The maximum absolute atomic E-state index is 14.1. The third kappa shape index (κ3) is 4.99. The molecule has 200 valence electrons. The monoisotopic (exact) mass is 519 g/mol. The molecule has 2 aromatic carbocycles. The van der Waals surface area contributed by atoms with Gasteiger partial charge in [0.2, 0.25) is 0 Å². The number of rotatable bonds is 9. The normalized spacial score (nSPS) is 18.0. The average Bonchev–Trinajstić information content (AvgIpc) is 2.93. The van der Waals surface area contributed by atoms with Crippen LogP contribution in [0.25, 0.3) is 0 Å². The van der Waals surface area contributed by atoms with Crippen LogP contribution in [0.15, 0.2) is 65.0 Å². The lowest BCUT2D eigenvalue weighted by Gasteiger charge is -2.44. The van der Waals surface area contributed by atoms with Crippen LogP contribution in [0.2, 0.25) is 0 Å². The van der Waals surface area contributed by atoms with Crippen molar-refractivity contribution in [3.8, 4) is 11.5 Å². The number of benzene rings is 2. The van der Waals surface area contributed by atoms with E-state index in [2.05, 4.69) is 4.90 Å². The molecule has 0 N–H and O–H groups in total. The lowest BCUT2D eigenvalue weighted by atomic mass is 9.71. The molecule has 0 amide bonds. The molecule has 3 aliphatic rings. The predicted octanol–water partition coefficient (Wildman–Crippen LogP) is 5.86. The van der Waals surface area contributed by atoms with E-state index in [0.717, 1.165) is 66.8 Å². The second-order valence-electron chi connectivity index (χ2n) is 10.00. The summed E-state index contributed by atoms with van der Waals surface area (Å²) in [6, 6.07) is 12.1. The highest BCUT2D eigenvalue weighted by molar-refractivity contribution is 6.06. The van der Waals surface area contributed by atoms with Crippen molar-refractivity contribution in [2.24, 2.45) is 0 Å². The quantitative estimate of drug-likeness (QED) is 0.387. The van der Waals surface area contributed by atoms with Crippen LogP contribution in [-0.2, 0) is 20.9 Å². The second kappa shape index (κ2) is 11.5. The van der Waals surface area contributed by atoms with Gasteiger partial charge in [-0.2, -0.15) is 0 Å². The van der Waals surface area contributed by atoms with Gasteiger partial charge < -0.3 is 19.1 Å². The zero-order valence-electron chi connectivity index (χ0n) is 22.1. The molecule has 38 heavy (non-hydrogen) atoms. The number of nitrogens with zero attached hydrogens (tertiary/aromatic N) is 1. The van der Waals surface area contributed by atoms with Crippen molar-refractivity contribution in [3.63, 3.8) is 0 Å². The van der Waals surface area contributed by atoms with E-state index in [1.807, 2.05) is 12.1 Å². The van der Waals surface area contributed by atoms with Crippen molar-refractivity contribution < 1.29 is 28.2 Å². The molecule has 0 aromatic heterocycles. The molecular formula is C31H34FNO5. The first kappa shape index (κ1) is 26.2. The summed E-state index contributed by atoms with van der Waals surface area (Å²) in [5.41, 5.74) is 4.87. The van der Waals surface area contributed by atoms with Crippen LogP contribution in [0.5, 0.6) is 11.5 Å². The van der Waals surface area contributed by atoms with Crippen molar-refractivity contribution in [1.29, 1.82) is 0 Å². The summed E-state index contributed by atoms with van der Waals surface area (Å²) in [6.07, 6.45) is 5.05. The van der Waals surface area contributed by atoms with E-state index in [-0.39, 0.29) is 24.0 Å². The van der Waals surface area contributed by atoms with E-state index in [0.29, 0.717) is 36.5 Å². The number of ketones is 2. The van der Waals surface area contributed by atoms with E-state index >= 15 is 0 Å². The molecule has 2 aliphatic carbocycles. The fraction of sp³-hybridized carbons (Fsp3) is 0.419. The Morgan fingerprint density at radius 1 is 0.895 bits per heavy atom. The molecule has 1 aliphatic heterocycles. The number of hydrogen-bond donors (Lipinski definition) is 0. The molecule has 5 rings (SSSR count). The van der Waals surface area contributed by atoms with E-state index < -0.39 is 5.92 Å². The Morgan fingerprint density at radius 3 is 2.21 bits per heavy atom. The zero-order chi connectivity index (χ0) is 26.6. The number of Topliss-reactive ketones (excluding diaryl/α,β-unsaturated/α-hetero) is 2. The van der Waals surface area contributed by atoms with Crippen molar-refractivity contribution in [2.75, 3.05) is 27.4 Å². The highest BCUT2D eigenvalue weighted by atomic mass is 19.1. The maximum Gasteiger partial charge on any atom is 0.161 e. The lowest BCUT2D eigenvalue weighted by molar-refractivity contribution is -0.117. The fourth-order valence-corrected chi connectivity index (χ4v) is 5.94. The minimum atomic E-state index is -0.422. The first-order chi connectivity index (χ1) is 18.5. The molecule has 0 atom stereocenters. The molecule has 7 heteroatoms. The summed E-state index contributed by atoms with van der Waals surface area (Å²) in [4.78, 5) is 29.1. The first-order valence-electron chi connectivity index (χ1n) is 13.4. The van der Waals surface area contributed by atoms with E-state index in [9.17, 15) is 14.0 Å². The highest BCUT2D eigenvalue weighted by Gasteiger charge is 2.43. The van der Waals surface area contributed by atoms with Crippen LogP contribution < -0.4 is 9.47 Å². The summed E-state index contributed by atoms with van der Waals surface area (Å²) in [7, 11) is 3.24. The van der Waals surface area contributed by atoms with Gasteiger partial charge in [0.25, 0.3) is 0 Å². The molecule has 0 saturated carbocycles. The van der Waals surface area contributed by atoms with Crippen molar-refractivity contribution >= 4 is 11.6 Å². The van der Waals surface area contributed by atoms with Crippen molar-refractivity contribution in [1.82, 2.24) is 4.90 Å². The van der Waals surface area contributed by atoms with Gasteiger partial charge >= 0.3 is 0 Å². The molecule has 1 heterocycles. The predicted molar refractivity (Wildman–Crippen MR) is 141 cm³/mol. The van der Waals surface area contributed by atoms with E-state index in [1.54, 1.807) is 38.5 Å². The molecule has 0 fully saturated rings. The average molecular weight is 520 g/mol. The number of ether oxygens (including phenoxy) is 3. The molecule has 6 nitrogen and oxygen atoms in total. The molecule has 0 radical (unpaired) electrons. The molecule has 0 unspecified atom stereocenters. The number of allylic oxidation sites excluding steroid dienone is 4. The molecule has 0 bridgehead atoms. The van der Waals surface area contributed by atoms with Crippen LogP contribution in [-0.4, -0.2) is 43.8 Å². The van der Waals surface area contributed by atoms with Crippen LogP contribution >= 0.6 is 0 Å². The van der Waals surface area contributed by atoms with E-state index in [1.165, 1.54) is 6.07 Å². The molecular weight excluding hydrogens is 485 g/mol. The van der Waals surface area contributed by atoms with Gasteiger partial charge in [-0.05, 0) is 55.9 Å². The summed E-state index contributed by atoms with van der Waals surface area (Å²) in [5, 5.41) is 0. The summed E-state index contributed by atoms with van der Waals surface area (Å²) >= 11 is 0. The lowest BCUT2D eigenvalue weighted by Crippen LogP contribution is -2.39. The molecule has 0 saturated heterocycles. The Kier molecular flexibility index (Phi) is 7.93. The smallest absolute Gasteiger partial charge is 0.161 e. The second-order valence-corrected chi connectivity index (χ2v) is 10.00. The van der Waals surface area contributed by atoms with Gasteiger partial charge in [-0.15, -0.1) is 0 Å². The SMILES string of the molecule is COCCCN1C2=C(C(=O)CCC2)C(c2ccc(OCc3ccccc3F)c(OC)c2)C2=C1CCCC2=O. The fourth-order valence-electron chi connectivity index (χ4n) is 5.94. The van der Waals surface area contributed by atoms with Gasteiger partial charge in [0.15, 0.2) is 23.1 Å². The van der Waals surface area contributed by atoms with Crippen molar-refractivity contribution in [2.45, 2.75) is 57.5 Å². The van der Waals surface area contributed by atoms with Crippen LogP contribution in [0.3, 0.4) is 0 Å². The Bertz CT molecular complexity index is 1250. The summed E-state index contributed by atoms with van der Waals surface area (Å²) in [6.45, 7) is 1.41. The number of carbonyl (C=O) groups is 2. The van der Waals surface area contributed by atoms with Crippen LogP contribution in [0.4, 0.5) is 4.39 Å². The Balaban J connectivity index is 1.54. The minimum absolute atomic E-state index is 0.0593. The van der Waals surface area contributed by atoms with Gasteiger partial charge in [-0.1, -0.05) is 24.3 Å². The first-order valence-corrected chi connectivity index (χ1v) is 13.4. The third-order valence-corrected chi connectivity index (χ3v) is 7.68. The number of methoxy groups -OCH3 is 2. The van der Waals surface area contributed by atoms with Gasteiger partial charge in [0.05, 0.1) is 7.11 Å². The van der Waals surface area contributed by atoms with Gasteiger partial charge in [0.1, 0.15) is 12.4 Å². The Morgan fingerprint density at radius 2 is 1.58 bits per heavy atom. The summed E-state index contributed by atoms with van der Waals surface area (Å²) in [5.74, 6) is 0.426. The van der Waals surface area contributed by atoms with Crippen LogP contribution in [0.1, 0.15) is 62.0 Å². The molecule has 2 aromatic rings. The van der Waals surface area contributed by atoms with Gasteiger partial charge in [-0.25, -0.2) is 4.39 Å². The zero-order valence-corrected chi connectivity index (χ0v) is 22.1. The molecule has 0 spiro atoms. The van der Waals surface area contributed by atoms with Gasteiger partial charge in [-0.3, -0.25) is 9.59 Å². The third-order valence-electron chi connectivity index (χ3n) is 7.68. The van der Waals surface area contributed by atoms with Crippen molar-refractivity contribution in [3.05, 3.63) is 81.9 Å². The minimum Gasteiger partial charge on any atom is -0.493 e. The number of halogens is 1. The largest absolute Gasteiger partial charge is 0.493 e. The van der Waals surface area contributed by atoms with Gasteiger partial charge in [0, 0.05) is 67.1 Å². The Labute approximate surface area is 223 Å².